The minimum atomic E-state index is -0.0160. The van der Waals surface area contributed by atoms with Crippen molar-refractivity contribution in [2.45, 2.75) is 18.9 Å². The van der Waals surface area contributed by atoms with Gasteiger partial charge in [-0.3, -0.25) is 4.57 Å². The lowest BCUT2D eigenvalue weighted by Crippen LogP contribution is -2.36. The van der Waals surface area contributed by atoms with Gasteiger partial charge in [0.15, 0.2) is 0 Å². The van der Waals surface area contributed by atoms with E-state index in [2.05, 4.69) is 33.9 Å². The van der Waals surface area contributed by atoms with Gasteiger partial charge in [0.05, 0.1) is 12.1 Å². The minimum Gasteiger partial charge on any atom is -0.379 e. The number of hydrogen-bond donors (Lipinski definition) is 1. The number of aromatic nitrogens is 2. The van der Waals surface area contributed by atoms with Crippen LogP contribution in [0.15, 0.2) is 42.7 Å². The molecule has 2 aromatic rings. The van der Waals surface area contributed by atoms with Crippen molar-refractivity contribution in [2.24, 2.45) is 0 Å². The lowest BCUT2D eigenvalue weighted by molar-refractivity contribution is 0.185. The molecule has 18 heavy (non-hydrogen) atoms. The highest BCUT2D eigenvalue weighted by Crippen LogP contribution is 2.24. The van der Waals surface area contributed by atoms with E-state index < -0.39 is 0 Å². The Bertz CT molecular complexity index is 515. The van der Waals surface area contributed by atoms with Gasteiger partial charge < -0.3 is 10.1 Å². The molecule has 2 heterocycles. The molecule has 0 saturated carbocycles. The molecule has 1 fully saturated rings. The third-order valence-corrected chi connectivity index (χ3v) is 3.31. The molecule has 0 aliphatic carbocycles. The molecule has 1 atom stereocenters. The van der Waals surface area contributed by atoms with Crippen molar-refractivity contribution in [3.63, 3.8) is 0 Å². The third-order valence-electron chi connectivity index (χ3n) is 3.31. The van der Waals surface area contributed by atoms with E-state index in [0.29, 0.717) is 0 Å². The van der Waals surface area contributed by atoms with Gasteiger partial charge >= 0.3 is 0 Å². The fraction of sp³-hybridized carbons (Fsp3) is 0.357. The van der Waals surface area contributed by atoms with E-state index in [-0.39, 0.29) is 5.54 Å². The van der Waals surface area contributed by atoms with Crippen molar-refractivity contribution in [1.82, 2.24) is 9.55 Å². The van der Waals surface area contributed by atoms with Crippen LogP contribution in [0.25, 0.3) is 5.69 Å². The van der Waals surface area contributed by atoms with Gasteiger partial charge in [-0.15, -0.1) is 0 Å². The van der Waals surface area contributed by atoms with E-state index in [1.807, 2.05) is 30.6 Å². The predicted octanol–water partition coefficient (Wildman–Crippen LogP) is 2.46. The molecule has 0 bridgehead atoms. The quantitative estimate of drug-likeness (QED) is 0.900. The maximum Gasteiger partial charge on any atom is 0.207 e. The first-order valence-corrected chi connectivity index (χ1v) is 6.22. The molecule has 1 aromatic carbocycles. The topological polar surface area (TPSA) is 39.1 Å². The number of anilines is 1. The summed E-state index contributed by atoms with van der Waals surface area (Å²) in [5, 5.41) is 3.49. The normalized spacial score (nSPS) is 23.2. The predicted molar refractivity (Wildman–Crippen MR) is 71.0 cm³/mol. The SMILES string of the molecule is CC1(Nc2nccn2-c2ccccc2)CCOC1. The molecule has 1 unspecified atom stereocenters. The van der Waals surface area contributed by atoms with E-state index >= 15 is 0 Å². The van der Waals surface area contributed by atoms with Crippen LogP contribution in [0.4, 0.5) is 5.95 Å². The average Bonchev–Trinajstić information content (AvgIpc) is 3.00. The Labute approximate surface area is 107 Å². The summed E-state index contributed by atoms with van der Waals surface area (Å²) in [5.74, 6) is 0.870. The Morgan fingerprint density at radius 1 is 1.33 bits per heavy atom. The zero-order valence-electron chi connectivity index (χ0n) is 10.5. The summed E-state index contributed by atoms with van der Waals surface area (Å²) < 4.78 is 7.51. The van der Waals surface area contributed by atoms with E-state index in [1.165, 1.54) is 0 Å². The summed E-state index contributed by atoms with van der Waals surface area (Å²) in [6.45, 7) is 3.72. The van der Waals surface area contributed by atoms with Gasteiger partial charge in [-0.05, 0) is 25.5 Å². The molecular weight excluding hydrogens is 226 g/mol. The van der Waals surface area contributed by atoms with E-state index in [0.717, 1.165) is 31.3 Å². The van der Waals surface area contributed by atoms with Crippen molar-refractivity contribution < 1.29 is 4.74 Å². The number of nitrogens with zero attached hydrogens (tertiary/aromatic N) is 2. The van der Waals surface area contributed by atoms with Gasteiger partial charge in [-0.25, -0.2) is 4.98 Å². The van der Waals surface area contributed by atoms with Gasteiger partial charge in [0, 0.05) is 24.7 Å². The highest BCUT2D eigenvalue weighted by atomic mass is 16.5. The van der Waals surface area contributed by atoms with E-state index in [1.54, 1.807) is 0 Å². The van der Waals surface area contributed by atoms with Crippen LogP contribution in [-0.2, 0) is 4.74 Å². The summed E-state index contributed by atoms with van der Waals surface area (Å²) in [6, 6.07) is 10.2. The van der Waals surface area contributed by atoms with Crippen molar-refractivity contribution in [3.05, 3.63) is 42.7 Å². The number of rotatable bonds is 3. The summed E-state index contributed by atoms with van der Waals surface area (Å²) in [5.41, 5.74) is 1.10. The zero-order chi connectivity index (χ0) is 12.4. The number of ether oxygens (including phenoxy) is 1. The summed E-state index contributed by atoms with van der Waals surface area (Å²) in [7, 11) is 0. The number of nitrogens with one attached hydrogen (secondary N) is 1. The summed E-state index contributed by atoms with van der Waals surface area (Å²) in [4.78, 5) is 4.40. The first-order chi connectivity index (χ1) is 8.77. The molecule has 1 aliphatic heterocycles. The Kier molecular flexibility index (Phi) is 2.80. The molecule has 1 N–H and O–H groups in total. The number of imidazole rings is 1. The molecule has 1 aliphatic rings. The fourth-order valence-corrected chi connectivity index (χ4v) is 2.23. The number of hydrogen-bond acceptors (Lipinski definition) is 3. The highest BCUT2D eigenvalue weighted by molar-refractivity contribution is 5.43. The zero-order valence-corrected chi connectivity index (χ0v) is 10.5. The Morgan fingerprint density at radius 2 is 2.17 bits per heavy atom. The summed E-state index contributed by atoms with van der Waals surface area (Å²) >= 11 is 0. The maximum absolute atomic E-state index is 5.45. The van der Waals surface area contributed by atoms with Crippen LogP contribution < -0.4 is 5.32 Å². The molecule has 0 amide bonds. The van der Waals surface area contributed by atoms with Crippen LogP contribution in [-0.4, -0.2) is 28.3 Å². The Balaban J connectivity index is 1.88. The summed E-state index contributed by atoms with van der Waals surface area (Å²) in [6.07, 6.45) is 4.79. The third kappa shape index (κ3) is 2.11. The molecule has 4 heteroatoms. The Morgan fingerprint density at radius 3 is 2.89 bits per heavy atom. The van der Waals surface area contributed by atoms with Crippen LogP contribution in [0, 0.1) is 0 Å². The number of benzene rings is 1. The lowest BCUT2D eigenvalue weighted by atomic mass is 10.0. The molecular formula is C14H17N3O. The van der Waals surface area contributed by atoms with Gasteiger partial charge in [0.2, 0.25) is 5.95 Å². The van der Waals surface area contributed by atoms with Crippen molar-refractivity contribution in [3.8, 4) is 5.69 Å². The van der Waals surface area contributed by atoms with Gasteiger partial charge in [-0.1, -0.05) is 18.2 Å². The second-order valence-electron chi connectivity index (χ2n) is 4.94. The van der Waals surface area contributed by atoms with Crippen LogP contribution in [0.2, 0.25) is 0 Å². The molecule has 0 spiro atoms. The monoisotopic (exact) mass is 243 g/mol. The Hall–Kier alpha value is -1.81. The molecule has 4 nitrogen and oxygen atoms in total. The van der Waals surface area contributed by atoms with Crippen molar-refractivity contribution in [2.75, 3.05) is 18.5 Å². The second kappa shape index (κ2) is 4.46. The lowest BCUT2D eigenvalue weighted by Gasteiger charge is -2.24. The first kappa shape index (κ1) is 11.3. The van der Waals surface area contributed by atoms with Gasteiger partial charge in [0.25, 0.3) is 0 Å². The van der Waals surface area contributed by atoms with Crippen LogP contribution >= 0.6 is 0 Å². The van der Waals surface area contributed by atoms with Crippen molar-refractivity contribution >= 4 is 5.95 Å². The van der Waals surface area contributed by atoms with Crippen molar-refractivity contribution in [1.29, 1.82) is 0 Å². The smallest absolute Gasteiger partial charge is 0.207 e. The standard InChI is InChI=1S/C14H17N3O/c1-14(7-10-18-11-14)16-13-15-8-9-17(13)12-5-3-2-4-6-12/h2-6,8-9H,7,10-11H2,1H3,(H,15,16). The van der Waals surface area contributed by atoms with Crippen LogP contribution in [0.1, 0.15) is 13.3 Å². The molecule has 0 radical (unpaired) electrons. The van der Waals surface area contributed by atoms with Gasteiger partial charge in [0.1, 0.15) is 0 Å². The van der Waals surface area contributed by atoms with Crippen LogP contribution in [0.5, 0.6) is 0 Å². The molecule has 3 rings (SSSR count). The maximum atomic E-state index is 5.45. The first-order valence-electron chi connectivity index (χ1n) is 6.22. The molecule has 1 aromatic heterocycles. The second-order valence-corrected chi connectivity index (χ2v) is 4.94. The minimum absolute atomic E-state index is 0.0160. The van der Waals surface area contributed by atoms with E-state index in [4.69, 9.17) is 4.74 Å². The molecule has 1 saturated heterocycles. The highest BCUT2D eigenvalue weighted by Gasteiger charge is 2.30. The van der Waals surface area contributed by atoms with Gasteiger partial charge in [-0.2, -0.15) is 0 Å². The average molecular weight is 243 g/mol. The largest absolute Gasteiger partial charge is 0.379 e. The fourth-order valence-electron chi connectivity index (χ4n) is 2.23. The van der Waals surface area contributed by atoms with Crippen LogP contribution in [0.3, 0.4) is 0 Å². The van der Waals surface area contributed by atoms with E-state index in [9.17, 15) is 0 Å². The molecule has 94 valence electrons. The number of para-hydroxylation sites is 1.